The molecule has 0 unspecified atom stereocenters. The number of hydrogen-bond acceptors (Lipinski definition) is 8. The van der Waals surface area contributed by atoms with E-state index in [1.165, 1.54) is 23.1 Å². The molecule has 184 valence electrons. The molecule has 2 heterocycles. The highest BCUT2D eigenvalue weighted by molar-refractivity contribution is 7.99. The van der Waals surface area contributed by atoms with Crippen LogP contribution in [0, 0.1) is 22.7 Å². The summed E-state index contributed by atoms with van der Waals surface area (Å²) in [5.41, 5.74) is 10.5. The summed E-state index contributed by atoms with van der Waals surface area (Å²) in [6.07, 6.45) is 1.05. The number of thioether (sulfide) groups is 1. The van der Waals surface area contributed by atoms with Crippen molar-refractivity contribution in [3.63, 3.8) is 0 Å². The van der Waals surface area contributed by atoms with Crippen LogP contribution in [0.1, 0.15) is 30.0 Å². The van der Waals surface area contributed by atoms with Crippen LogP contribution in [0.4, 0.5) is 10.9 Å². The molecule has 0 saturated carbocycles. The number of aromatic nitrogens is 2. The molecule has 3 N–H and O–H groups in total. The van der Waals surface area contributed by atoms with Crippen molar-refractivity contribution in [3.05, 3.63) is 75.6 Å². The van der Waals surface area contributed by atoms with Crippen molar-refractivity contribution < 1.29 is 4.79 Å². The number of hydrogen-bond donors (Lipinski definition) is 2. The van der Waals surface area contributed by atoms with E-state index in [4.69, 9.17) is 17.3 Å². The quantitative estimate of drug-likeness (QED) is 0.241. The topological polar surface area (TPSA) is 128 Å². The fourth-order valence-corrected chi connectivity index (χ4v) is 5.40. The van der Waals surface area contributed by atoms with Crippen molar-refractivity contribution in [1.29, 1.82) is 10.5 Å². The summed E-state index contributed by atoms with van der Waals surface area (Å²) in [4.78, 5) is 21.3. The minimum Gasteiger partial charge on any atom is -0.383 e. The minimum absolute atomic E-state index is 0.0561. The molecule has 0 aliphatic heterocycles. The molecule has 0 radical (unpaired) electrons. The molecule has 1 amide bonds. The second-order valence-corrected chi connectivity index (χ2v) is 10.3. The lowest BCUT2D eigenvalue weighted by atomic mass is 9.96. The maximum atomic E-state index is 12.5. The molecular weight excluding hydrogens is 524 g/mol. The first-order valence-corrected chi connectivity index (χ1v) is 13.5. The van der Waals surface area contributed by atoms with Gasteiger partial charge in [0.1, 0.15) is 28.5 Å². The smallest absolute Gasteiger partial charge is 0.226 e. The predicted octanol–water partition coefficient (Wildman–Crippen LogP) is 6.53. The fraction of sp³-hybridized carbons (Fsp3) is 0.148. The Labute approximate surface area is 227 Å². The molecule has 0 aliphatic rings. The predicted molar refractivity (Wildman–Crippen MR) is 149 cm³/mol. The number of pyridine rings is 1. The summed E-state index contributed by atoms with van der Waals surface area (Å²) in [6.45, 7) is 2.05. The molecule has 0 spiro atoms. The summed E-state index contributed by atoms with van der Waals surface area (Å²) in [6, 6.07) is 19.3. The maximum Gasteiger partial charge on any atom is 0.226 e. The largest absolute Gasteiger partial charge is 0.383 e. The lowest BCUT2D eigenvalue weighted by Gasteiger charge is -2.13. The van der Waals surface area contributed by atoms with Gasteiger partial charge in [-0.2, -0.15) is 10.5 Å². The molecule has 0 atom stereocenters. The van der Waals surface area contributed by atoms with Crippen LogP contribution in [-0.4, -0.2) is 21.6 Å². The third kappa shape index (κ3) is 6.10. The van der Waals surface area contributed by atoms with E-state index in [9.17, 15) is 15.3 Å². The van der Waals surface area contributed by atoms with E-state index in [1.54, 1.807) is 12.1 Å². The van der Waals surface area contributed by atoms with Crippen LogP contribution >= 0.6 is 34.7 Å². The number of benzene rings is 2. The van der Waals surface area contributed by atoms with Crippen molar-refractivity contribution in [1.82, 2.24) is 9.97 Å². The molecule has 7 nitrogen and oxygen atoms in total. The van der Waals surface area contributed by atoms with Crippen LogP contribution in [0.3, 0.4) is 0 Å². The Morgan fingerprint density at radius 3 is 2.38 bits per heavy atom. The van der Waals surface area contributed by atoms with Crippen molar-refractivity contribution >= 4 is 51.6 Å². The number of carbonyl (C=O) groups is 1. The van der Waals surface area contributed by atoms with Crippen molar-refractivity contribution in [3.8, 4) is 34.5 Å². The number of halogens is 1. The van der Waals surface area contributed by atoms with Crippen LogP contribution in [-0.2, 0) is 11.2 Å². The average Bonchev–Trinajstić information content (AvgIpc) is 3.37. The van der Waals surface area contributed by atoms with E-state index in [-0.39, 0.29) is 29.3 Å². The number of nitrogens with zero attached hydrogens (tertiary/aromatic N) is 4. The molecule has 2 aromatic heterocycles. The molecule has 2 aromatic carbocycles. The molecule has 0 aliphatic carbocycles. The van der Waals surface area contributed by atoms with Gasteiger partial charge < -0.3 is 11.1 Å². The zero-order valence-electron chi connectivity index (χ0n) is 19.8. The monoisotopic (exact) mass is 544 g/mol. The lowest BCUT2D eigenvalue weighted by Crippen LogP contribution is -2.12. The van der Waals surface area contributed by atoms with Gasteiger partial charge in [-0.3, -0.25) is 4.79 Å². The molecule has 10 heteroatoms. The second-order valence-electron chi connectivity index (χ2n) is 7.89. The number of nitrogens with two attached hydrogens (primary N) is 1. The van der Waals surface area contributed by atoms with Crippen LogP contribution in [0.2, 0.25) is 5.02 Å². The molecule has 4 aromatic rings. The van der Waals surface area contributed by atoms with E-state index in [0.717, 1.165) is 28.8 Å². The van der Waals surface area contributed by atoms with Gasteiger partial charge in [0, 0.05) is 33.7 Å². The number of nitrogens with one attached hydrogen (secondary N) is 1. The molecule has 37 heavy (non-hydrogen) atoms. The number of anilines is 2. The van der Waals surface area contributed by atoms with Gasteiger partial charge in [0.25, 0.3) is 0 Å². The highest BCUT2D eigenvalue weighted by Crippen LogP contribution is 2.36. The summed E-state index contributed by atoms with van der Waals surface area (Å²) in [7, 11) is 0. The van der Waals surface area contributed by atoms with Gasteiger partial charge in [0.15, 0.2) is 5.13 Å². The SMILES string of the molecule is CCc1ccc(-c2c(C#N)c(N)nc(SCCC(=O)Nc3nc(-c4ccc(Cl)cc4)cs3)c2C#N)cc1. The highest BCUT2D eigenvalue weighted by atomic mass is 35.5. The standard InChI is InChI=1S/C27H21ClN6OS2/c1-2-16-3-5-18(6-4-16)24-20(13-29)25(31)34-26(21(24)14-30)36-12-11-23(35)33-27-32-22(15-37-27)17-7-9-19(28)10-8-17/h3-10,15H,2,11-12H2,1H3,(H2,31,34)(H,32,33,35). The molecule has 0 fully saturated rings. The third-order valence-corrected chi connectivity index (χ3v) is 7.51. The number of amides is 1. The Morgan fingerprint density at radius 1 is 1.05 bits per heavy atom. The van der Waals surface area contributed by atoms with Crippen molar-refractivity contribution in [2.75, 3.05) is 16.8 Å². The summed E-state index contributed by atoms with van der Waals surface area (Å²) in [5.74, 6) is 0.211. The van der Waals surface area contributed by atoms with E-state index < -0.39 is 0 Å². The Bertz CT molecular complexity index is 1520. The second kappa shape index (κ2) is 11.9. The zero-order chi connectivity index (χ0) is 26.4. The normalized spacial score (nSPS) is 10.5. The summed E-state index contributed by atoms with van der Waals surface area (Å²) < 4.78 is 0. The Morgan fingerprint density at radius 2 is 1.73 bits per heavy atom. The lowest BCUT2D eigenvalue weighted by molar-refractivity contribution is -0.115. The average molecular weight is 545 g/mol. The first-order chi connectivity index (χ1) is 17.9. The molecule has 0 bridgehead atoms. The van der Waals surface area contributed by atoms with Gasteiger partial charge in [-0.25, -0.2) is 9.97 Å². The van der Waals surface area contributed by atoms with Gasteiger partial charge in [-0.1, -0.05) is 54.9 Å². The van der Waals surface area contributed by atoms with Gasteiger partial charge in [-0.05, 0) is 29.7 Å². The number of nitrogen functional groups attached to an aromatic ring is 1. The molecule has 4 rings (SSSR count). The Balaban J connectivity index is 1.46. The van der Waals surface area contributed by atoms with Crippen molar-refractivity contribution in [2.24, 2.45) is 0 Å². The molecule has 0 saturated heterocycles. The number of aryl methyl sites for hydroxylation is 1. The van der Waals surface area contributed by atoms with E-state index in [0.29, 0.717) is 26.5 Å². The highest BCUT2D eigenvalue weighted by Gasteiger charge is 2.21. The van der Waals surface area contributed by atoms with E-state index >= 15 is 0 Å². The van der Waals surface area contributed by atoms with Crippen LogP contribution in [0.15, 0.2) is 58.9 Å². The minimum atomic E-state index is -0.208. The summed E-state index contributed by atoms with van der Waals surface area (Å²) >= 11 is 8.53. The van der Waals surface area contributed by atoms with Crippen LogP contribution in [0.5, 0.6) is 0 Å². The number of rotatable bonds is 8. The van der Waals surface area contributed by atoms with Gasteiger partial charge >= 0.3 is 0 Å². The number of thiazole rings is 1. The van der Waals surface area contributed by atoms with Gasteiger partial charge in [0.2, 0.25) is 5.91 Å². The maximum absolute atomic E-state index is 12.5. The Kier molecular flexibility index (Phi) is 8.42. The van der Waals surface area contributed by atoms with Crippen molar-refractivity contribution in [2.45, 2.75) is 24.8 Å². The zero-order valence-corrected chi connectivity index (χ0v) is 22.2. The number of carbonyl (C=O) groups excluding carboxylic acids is 1. The third-order valence-electron chi connectivity index (χ3n) is 5.52. The molecular formula is C27H21ClN6OS2. The first kappa shape index (κ1) is 26.2. The Hall–Kier alpha value is -3.89. The van der Waals surface area contributed by atoms with Crippen LogP contribution in [0.25, 0.3) is 22.4 Å². The fourth-order valence-electron chi connectivity index (χ4n) is 3.60. The van der Waals surface area contributed by atoms with Crippen LogP contribution < -0.4 is 11.1 Å². The van der Waals surface area contributed by atoms with Gasteiger partial charge in [-0.15, -0.1) is 23.1 Å². The van der Waals surface area contributed by atoms with E-state index in [1.807, 2.05) is 41.8 Å². The summed E-state index contributed by atoms with van der Waals surface area (Å²) in [5, 5.41) is 25.8. The van der Waals surface area contributed by atoms with Gasteiger partial charge in [0.05, 0.1) is 11.3 Å². The first-order valence-electron chi connectivity index (χ1n) is 11.3. The number of nitriles is 2. The van der Waals surface area contributed by atoms with E-state index in [2.05, 4.69) is 34.3 Å².